The molecule has 0 aliphatic heterocycles. The average molecular weight is 567 g/mol. The van der Waals surface area contributed by atoms with Crippen molar-refractivity contribution in [3.05, 3.63) is 58.6 Å². The molecule has 0 bridgehead atoms. The normalized spacial score (nSPS) is 11.8. The van der Waals surface area contributed by atoms with Gasteiger partial charge in [-0.2, -0.15) is 8.42 Å². The van der Waals surface area contributed by atoms with Crippen LogP contribution in [-0.4, -0.2) is 45.1 Å². The van der Waals surface area contributed by atoms with Crippen LogP contribution in [0.3, 0.4) is 0 Å². The number of carboxylic acid groups (broad SMARTS) is 1. The summed E-state index contributed by atoms with van der Waals surface area (Å²) in [5, 5.41) is 9.34. The molecule has 0 radical (unpaired) electrons. The Hall–Kier alpha value is -3.27. The van der Waals surface area contributed by atoms with Crippen LogP contribution in [0.25, 0.3) is 6.08 Å². The Morgan fingerprint density at radius 1 is 0.949 bits per heavy atom. The molecular formula is C29H39FO8S. The first-order chi connectivity index (χ1) is 18.6. The first kappa shape index (κ1) is 31.9. The van der Waals surface area contributed by atoms with Crippen LogP contribution in [0.5, 0.6) is 17.2 Å². The molecule has 2 aromatic carbocycles. The maximum absolute atomic E-state index is 15.3. The second kappa shape index (κ2) is 16.0. The second-order valence-corrected chi connectivity index (χ2v) is 10.5. The summed E-state index contributed by atoms with van der Waals surface area (Å²) in [6.45, 7) is 8.17. The lowest BCUT2D eigenvalue weighted by atomic mass is 10.0. The summed E-state index contributed by atoms with van der Waals surface area (Å²) in [7, 11) is -3.80. The van der Waals surface area contributed by atoms with Gasteiger partial charge >= 0.3 is 16.1 Å². The summed E-state index contributed by atoms with van der Waals surface area (Å²) in [6, 6.07) is 8.03. The van der Waals surface area contributed by atoms with Gasteiger partial charge in [0.05, 0.1) is 25.6 Å². The van der Waals surface area contributed by atoms with Gasteiger partial charge in [-0.25, -0.2) is 9.18 Å². The van der Waals surface area contributed by atoms with Gasteiger partial charge in [0.2, 0.25) is 5.76 Å². The Morgan fingerprint density at radius 2 is 1.64 bits per heavy atom. The van der Waals surface area contributed by atoms with Gasteiger partial charge in [-0.1, -0.05) is 45.7 Å². The molecule has 0 saturated carbocycles. The summed E-state index contributed by atoms with van der Waals surface area (Å²) in [5.41, 5.74) is 1.15. The fourth-order valence-corrected chi connectivity index (χ4v) is 4.82. The minimum Gasteiger partial charge on any atom is -0.490 e. The Morgan fingerprint density at radius 3 is 2.28 bits per heavy atom. The first-order valence-electron chi connectivity index (χ1n) is 13.3. The van der Waals surface area contributed by atoms with Gasteiger partial charge in [0.1, 0.15) is 11.6 Å². The maximum atomic E-state index is 15.3. The lowest BCUT2D eigenvalue weighted by Gasteiger charge is -2.16. The smallest absolute Gasteiger partial charge is 0.371 e. The summed E-state index contributed by atoms with van der Waals surface area (Å²) in [5.74, 6) is -1.10. The SMILES string of the molecule is CCCCOc1cc(/C=C(\OCC)C(=O)O)ccc1OCCc1ccc(OS(=O)(=O)CCCC)c(CC)c1F. The zero-order valence-electron chi connectivity index (χ0n) is 23.1. The number of hydrogen-bond acceptors (Lipinski definition) is 7. The Labute approximate surface area is 230 Å². The number of halogens is 1. The summed E-state index contributed by atoms with van der Waals surface area (Å²) < 4.78 is 61.9. The molecule has 0 spiro atoms. The number of carboxylic acids is 1. The fraction of sp³-hybridized carbons (Fsp3) is 0.483. The van der Waals surface area contributed by atoms with Gasteiger partial charge < -0.3 is 23.5 Å². The Bertz CT molecular complexity index is 1220. The van der Waals surface area contributed by atoms with E-state index in [4.69, 9.17) is 18.4 Å². The van der Waals surface area contributed by atoms with Crippen LogP contribution in [0.1, 0.15) is 70.1 Å². The average Bonchev–Trinajstić information content (AvgIpc) is 2.89. The number of benzene rings is 2. The third-order valence-electron chi connectivity index (χ3n) is 5.76. The third kappa shape index (κ3) is 10.1. The molecule has 10 heteroatoms. The van der Waals surface area contributed by atoms with Gasteiger partial charge in [-0.05, 0) is 61.6 Å². The summed E-state index contributed by atoms with van der Waals surface area (Å²) in [6.07, 6.45) is 4.84. The van der Waals surface area contributed by atoms with Gasteiger partial charge in [0.15, 0.2) is 11.5 Å². The van der Waals surface area contributed by atoms with Gasteiger partial charge in [0, 0.05) is 12.0 Å². The third-order valence-corrected chi connectivity index (χ3v) is 6.98. The van der Waals surface area contributed by atoms with E-state index in [1.807, 2.05) is 13.8 Å². The number of ether oxygens (including phenoxy) is 3. The maximum Gasteiger partial charge on any atom is 0.371 e. The number of unbranched alkanes of at least 4 members (excludes halogenated alkanes) is 2. The second-order valence-electron chi connectivity index (χ2n) is 8.82. The molecule has 8 nitrogen and oxygen atoms in total. The molecule has 0 heterocycles. The van der Waals surface area contributed by atoms with Crippen molar-refractivity contribution >= 4 is 22.2 Å². The van der Waals surface area contributed by atoms with Crippen LogP contribution < -0.4 is 13.7 Å². The number of carbonyl (C=O) groups is 1. The molecule has 0 amide bonds. The molecule has 0 unspecified atom stereocenters. The molecule has 0 saturated heterocycles. The monoisotopic (exact) mass is 566 g/mol. The Kier molecular flexibility index (Phi) is 13.1. The fourth-order valence-electron chi connectivity index (χ4n) is 3.67. The van der Waals surface area contributed by atoms with Gasteiger partial charge in [-0.15, -0.1) is 0 Å². The Balaban J connectivity index is 2.20. The molecule has 2 rings (SSSR count). The molecular weight excluding hydrogens is 527 g/mol. The van der Waals surface area contributed by atoms with Crippen molar-refractivity contribution in [3.63, 3.8) is 0 Å². The van der Waals surface area contributed by atoms with Crippen molar-refractivity contribution in [2.45, 2.75) is 66.2 Å². The van der Waals surface area contributed by atoms with Crippen LogP contribution in [-0.2, 0) is 32.5 Å². The van der Waals surface area contributed by atoms with E-state index >= 15 is 4.39 Å². The molecule has 0 atom stereocenters. The highest BCUT2D eigenvalue weighted by Gasteiger charge is 2.19. The quantitative estimate of drug-likeness (QED) is 0.0989. The van der Waals surface area contributed by atoms with Crippen molar-refractivity contribution in [2.24, 2.45) is 0 Å². The summed E-state index contributed by atoms with van der Waals surface area (Å²) >= 11 is 0. The summed E-state index contributed by atoms with van der Waals surface area (Å²) in [4.78, 5) is 11.4. The zero-order chi connectivity index (χ0) is 28.8. The molecule has 0 fully saturated rings. The van der Waals surface area contributed by atoms with Crippen LogP contribution >= 0.6 is 0 Å². The van der Waals surface area contributed by atoms with Crippen LogP contribution in [0.15, 0.2) is 36.1 Å². The minimum absolute atomic E-state index is 0.0128. The van der Waals surface area contributed by atoms with Gasteiger partial charge in [0.25, 0.3) is 0 Å². The van der Waals surface area contributed by atoms with Crippen molar-refractivity contribution < 1.29 is 41.1 Å². The molecule has 39 heavy (non-hydrogen) atoms. The topological polar surface area (TPSA) is 108 Å². The lowest BCUT2D eigenvalue weighted by molar-refractivity contribution is -0.136. The highest BCUT2D eigenvalue weighted by Crippen LogP contribution is 2.31. The van der Waals surface area contributed by atoms with Crippen LogP contribution in [0.4, 0.5) is 4.39 Å². The van der Waals surface area contributed by atoms with E-state index in [9.17, 15) is 18.3 Å². The predicted molar refractivity (Wildman–Crippen MR) is 148 cm³/mol. The minimum atomic E-state index is -3.80. The number of rotatable bonds is 18. The molecule has 0 aliphatic carbocycles. The number of aliphatic carboxylic acids is 1. The van der Waals surface area contributed by atoms with E-state index in [1.165, 1.54) is 18.2 Å². The van der Waals surface area contributed by atoms with E-state index in [1.54, 1.807) is 32.0 Å². The van der Waals surface area contributed by atoms with Crippen LogP contribution in [0, 0.1) is 5.82 Å². The van der Waals surface area contributed by atoms with E-state index in [2.05, 4.69) is 0 Å². The van der Waals surface area contributed by atoms with Crippen LogP contribution in [0.2, 0.25) is 0 Å². The van der Waals surface area contributed by atoms with E-state index in [-0.39, 0.29) is 48.9 Å². The van der Waals surface area contributed by atoms with Crippen molar-refractivity contribution in [3.8, 4) is 17.2 Å². The molecule has 216 valence electrons. The van der Waals surface area contributed by atoms with Gasteiger partial charge in [-0.3, -0.25) is 0 Å². The lowest BCUT2D eigenvalue weighted by Crippen LogP contribution is -2.15. The zero-order valence-corrected chi connectivity index (χ0v) is 23.9. The molecule has 1 N–H and O–H groups in total. The van der Waals surface area contributed by atoms with E-state index < -0.39 is 21.9 Å². The molecule has 0 aromatic heterocycles. The standard InChI is InChI=1S/C29H39FO8S/c1-5-9-16-36-26-19-21(20-27(29(31)32)35-8-4)11-13-25(26)37-17-15-22-12-14-24(23(7-3)28(22)30)38-39(33,34)18-10-6-2/h11-14,19-20H,5-10,15-18H2,1-4H3,(H,31,32)/b27-20-. The predicted octanol–water partition coefficient (Wildman–Crippen LogP) is 6.16. The number of hydrogen-bond donors (Lipinski definition) is 1. The van der Waals surface area contributed by atoms with E-state index in [0.29, 0.717) is 42.1 Å². The van der Waals surface area contributed by atoms with E-state index in [0.717, 1.165) is 12.8 Å². The van der Waals surface area contributed by atoms with Crippen molar-refractivity contribution in [2.75, 3.05) is 25.6 Å². The highest BCUT2D eigenvalue weighted by atomic mass is 32.2. The van der Waals surface area contributed by atoms with Crippen molar-refractivity contribution in [1.29, 1.82) is 0 Å². The highest BCUT2D eigenvalue weighted by molar-refractivity contribution is 7.87. The largest absolute Gasteiger partial charge is 0.490 e. The molecule has 0 aliphatic rings. The van der Waals surface area contributed by atoms with Crippen molar-refractivity contribution in [1.82, 2.24) is 0 Å². The first-order valence-corrected chi connectivity index (χ1v) is 14.9. The molecule has 2 aromatic rings.